The number of nitrogens with zero attached hydrogens (tertiary/aromatic N) is 1. The third-order valence-electron chi connectivity index (χ3n) is 3.37. The molecule has 0 fully saturated rings. The molecule has 8 heteroatoms. The molecule has 0 saturated carbocycles. The van der Waals surface area contributed by atoms with Crippen molar-refractivity contribution >= 4 is 57.2 Å². The summed E-state index contributed by atoms with van der Waals surface area (Å²) in [6, 6.07) is 14.1. The van der Waals surface area contributed by atoms with Crippen LogP contribution in [0.5, 0.6) is 0 Å². The maximum atomic E-state index is 12.3. The molecule has 0 aliphatic carbocycles. The summed E-state index contributed by atoms with van der Waals surface area (Å²) in [6.07, 6.45) is 0.236. The van der Waals surface area contributed by atoms with Gasteiger partial charge in [0.15, 0.2) is 5.13 Å². The number of hydrogen-bond donors (Lipinski definition) is 2. The summed E-state index contributed by atoms with van der Waals surface area (Å²) in [7, 11) is 0. The van der Waals surface area contributed by atoms with Crippen LogP contribution < -0.4 is 10.6 Å². The van der Waals surface area contributed by atoms with Crippen LogP contribution in [0, 0.1) is 0 Å². The molecule has 0 bridgehead atoms. The Morgan fingerprint density at radius 2 is 1.81 bits per heavy atom. The molecule has 0 spiro atoms. The molecular formula is C18H13Cl2N3O2S. The Labute approximate surface area is 164 Å². The standard InChI is InChI=1S/C18H13Cl2N3O2S/c19-12-6-7-13(20)14(9-12)21-17(25)15-10-26-18(22-15)23-16(24)8-11-4-2-1-3-5-11/h1-7,9-10H,8H2,(H,21,25)(H,22,23,24). The van der Waals surface area contributed by atoms with Crippen LogP contribution in [-0.2, 0) is 11.2 Å². The largest absolute Gasteiger partial charge is 0.319 e. The fourth-order valence-electron chi connectivity index (χ4n) is 2.16. The van der Waals surface area contributed by atoms with E-state index in [0.29, 0.717) is 20.9 Å². The molecule has 0 aliphatic heterocycles. The molecule has 5 nitrogen and oxygen atoms in total. The molecule has 0 aliphatic rings. The molecule has 132 valence electrons. The van der Waals surface area contributed by atoms with Gasteiger partial charge in [0.05, 0.1) is 17.1 Å². The molecule has 0 radical (unpaired) electrons. The fraction of sp³-hybridized carbons (Fsp3) is 0.0556. The lowest BCUT2D eigenvalue weighted by molar-refractivity contribution is -0.115. The van der Waals surface area contributed by atoms with Gasteiger partial charge in [-0.1, -0.05) is 53.5 Å². The van der Waals surface area contributed by atoms with E-state index >= 15 is 0 Å². The van der Waals surface area contributed by atoms with Crippen LogP contribution in [0.1, 0.15) is 16.1 Å². The predicted octanol–water partition coefficient (Wildman–Crippen LogP) is 4.88. The van der Waals surface area contributed by atoms with Crippen molar-refractivity contribution in [3.8, 4) is 0 Å². The van der Waals surface area contributed by atoms with Gasteiger partial charge in [-0.25, -0.2) is 4.98 Å². The Morgan fingerprint density at radius 3 is 2.58 bits per heavy atom. The van der Waals surface area contributed by atoms with Gasteiger partial charge in [-0.2, -0.15) is 0 Å². The minimum Gasteiger partial charge on any atom is -0.319 e. The first-order valence-corrected chi connectivity index (χ1v) is 9.20. The molecular weight excluding hydrogens is 393 g/mol. The van der Waals surface area contributed by atoms with Crippen molar-refractivity contribution < 1.29 is 9.59 Å². The van der Waals surface area contributed by atoms with Gasteiger partial charge in [0.25, 0.3) is 5.91 Å². The van der Waals surface area contributed by atoms with E-state index in [1.165, 1.54) is 11.3 Å². The first-order chi connectivity index (χ1) is 12.5. The van der Waals surface area contributed by atoms with E-state index in [2.05, 4.69) is 15.6 Å². The number of amides is 2. The Bertz CT molecular complexity index is 945. The van der Waals surface area contributed by atoms with E-state index in [-0.39, 0.29) is 18.0 Å². The van der Waals surface area contributed by atoms with Crippen molar-refractivity contribution in [1.29, 1.82) is 0 Å². The van der Waals surface area contributed by atoms with Crippen LogP contribution in [0.4, 0.5) is 10.8 Å². The number of carbonyl (C=O) groups excluding carboxylic acids is 2. The van der Waals surface area contributed by atoms with Crippen molar-refractivity contribution in [3.05, 3.63) is 75.2 Å². The zero-order chi connectivity index (χ0) is 18.5. The normalized spacial score (nSPS) is 10.4. The van der Waals surface area contributed by atoms with Crippen LogP contribution >= 0.6 is 34.5 Å². The van der Waals surface area contributed by atoms with Crippen LogP contribution in [0.25, 0.3) is 0 Å². The number of aromatic nitrogens is 1. The molecule has 2 aromatic carbocycles. The van der Waals surface area contributed by atoms with Gasteiger partial charge >= 0.3 is 0 Å². The predicted molar refractivity (Wildman–Crippen MR) is 105 cm³/mol. The lowest BCUT2D eigenvalue weighted by Gasteiger charge is -2.06. The van der Waals surface area contributed by atoms with E-state index < -0.39 is 5.91 Å². The average molecular weight is 406 g/mol. The van der Waals surface area contributed by atoms with E-state index in [1.54, 1.807) is 23.6 Å². The smallest absolute Gasteiger partial charge is 0.275 e. The first-order valence-electron chi connectivity index (χ1n) is 7.57. The Hall–Kier alpha value is -2.41. The highest BCUT2D eigenvalue weighted by Gasteiger charge is 2.14. The Balaban J connectivity index is 1.62. The van der Waals surface area contributed by atoms with Gasteiger partial charge in [-0.05, 0) is 23.8 Å². The number of hydrogen-bond acceptors (Lipinski definition) is 4. The summed E-state index contributed by atoms with van der Waals surface area (Å²) in [5.41, 5.74) is 1.48. The molecule has 2 amide bonds. The van der Waals surface area contributed by atoms with E-state index in [9.17, 15) is 9.59 Å². The van der Waals surface area contributed by atoms with Gasteiger partial charge in [-0.15, -0.1) is 11.3 Å². The number of nitrogens with one attached hydrogen (secondary N) is 2. The second-order valence-corrected chi connectivity index (χ2v) is 7.03. The van der Waals surface area contributed by atoms with Gasteiger partial charge in [0.1, 0.15) is 5.69 Å². The van der Waals surface area contributed by atoms with Crippen LogP contribution in [-0.4, -0.2) is 16.8 Å². The number of carbonyl (C=O) groups is 2. The molecule has 26 heavy (non-hydrogen) atoms. The van der Waals surface area contributed by atoms with Crippen LogP contribution in [0.2, 0.25) is 10.0 Å². The van der Waals surface area contributed by atoms with Crippen molar-refractivity contribution in [3.63, 3.8) is 0 Å². The SMILES string of the molecule is O=C(Cc1ccccc1)Nc1nc(C(=O)Nc2cc(Cl)ccc2Cl)cs1. The van der Waals surface area contributed by atoms with Crippen molar-refractivity contribution in [2.75, 3.05) is 10.6 Å². The number of benzene rings is 2. The monoisotopic (exact) mass is 405 g/mol. The molecule has 0 saturated heterocycles. The molecule has 0 atom stereocenters. The summed E-state index contributed by atoms with van der Waals surface area (Å²) >= 11 is 13.1. The summed E-state index contributed by atoms with van der Waals surface area (Å²) in [5.74, 6) is -0.635. The zero-order valence-electron chi connectivity index (χ0n) is 13.3. The van der Waals surface area contributed by atoms with Crippen molar-refractivity contribution in [1.82, 2.24) is 4.98 Å². The highest BCUT2D eigenvalue weighted by Crippen LogP contribution is 2.26. The maximum absolute atomic E-state index is 12.3. The van der Waals surface area contributed by atoms with E-state index in [1.807, 2.05) is 30.3 Å². The van der Waals surface area contributed by atoms with Crippen molar-refractivity contribution in [2.45, 2.75) is 6.42 Å². The van der Waals surface area contributed by atoms with Crippen molar-refractivity contribution in [2.24, 2.45) is 0 Å². The molecule has 1 heterocycles. The average Bonchev–Trinajstić information content (AvgIpc) is 3.07. The first kappa shape index (κ1) is 18.4. The number of halogens is 2. The zero-order valence-corrected chi connectivity index (χ0v) is 15.7. The quantitative estimate of drug-likeness (QED) is 0.634. The minimum absolute atomic E-state index is 0.182. The van der Waals surface area contributed by atoms with Gasteiger partial charge in [0.2, 0.25) is 5.91 Å². The summed E-state index contributed by atoms with van der Waals surface area (Å²) < 4.78 is 0. The van der Waals surface area contributed by atoms with Gasteiger partial charge in [-0.3, -0.25) is 9.59 Å². The molecule has 3 aromatic rings. The second-order valence-electron chi connectivity index (χ2n) is 5.33. The number of anilines is 2. The highest BCUT2D eigenvalue weighted by atomic mass is 35.5. The fourth-order valence-corrected chi connectivity index (χ4v) is 3.20. The lowest BCUT2D eigenvalue weighted by Crippen LogP contribution is -2.15. The molecule has 2 N–H and O–H groups in total. The van der Waals surface area contributed by atoms with E-state index in [4.69, 9.17) is 23.2 Å². The third-order valence-corrected chi connectivity index (χ3v) is 4.69. The molecule has 0 unspecified atom stereocenters. The highest BCUT2D eigenvalue weighted by molar-refractivity contribution is 7.14. The van der Waals surface area contributed by atoms with Crippen LogP contribution in [0.15, 0.2) is 53.9 Å². The summed E-state index contributed by atoms with van der Waals surface area (Å²) in [4.78, 5) is 28.5. The summed E-state index contributed by atoms with van der Waals surface area (Å²) in [6.45, 7) is 0. The van der Waals surface area contributed by atoms with E-state index in [0.717, 1.165) is 5.56 Å². The Kier molecular flexibility index (Phi) is 5.88. The molecule has 1 aromatic heterocycles. The minimum atomic E-state index is -0.436. The molecule has 3 rings (SSSR count). The van der Waals surface area contributed by atoms with Crippen LogP contribution in [0.3, 0.4) is 0 Å². The maximum Gasteiger partial charge on any atom is 0.275 e. The van der Waals surface area contributed by atoms with Gasteiger partial charge < -0.3 is 10.6 Å². The van der Waals surface area contributed by atoms with Gasteiger partial charge in [0, 0.05) is 10.4 Å². The lowest BCUT2D eigenvalue weighted by atomic mass is 10.1. The number of thiazole rings is 1. The number of rotatable bonds is 5. The topological polar surface area (TPSA) is 71.1 Å². The third kappa shape index (κ3) is 4.82. The second kappa shape index (κ2) is 8.31. The summed E-state index contributed by atoms with van der Waals surface area (Å²) in [5, 5.41) is 8.08. The Morgan fingerprint density at radius 1 is 1.04 bits per heavy atom.